The third kappa shape index (κ3) is 5.18. The summed E-state index contributed by atoms with van der Waals surface area (Å²) in [7, 11) is 0. The largest absolute Gasteiger partial charge is 0.369 e. The van der Waals surface area contributed by atoms with E-state index in [9.17, 15) is 14.0 Å². The zero-order valence-corrected chi connectivity index (χ0v) is 16.3. The summed E-state index contributed by atoms with van der Waals surface area (Å²) in [6, 6.07) is 14.9. The van der Waals surface area contributed by atoms with Crippen LogP contribution in [0.5, 0.6) is 0 Å². The number of aromatic nitrogens is 3. The van der Waals surface area contributed by atoms with Crippen molar-refractivity contribution < 1.29 is 9.18 Å². The normalized spacial score (nSPS) is 11.2. The van der Waals surface area contributed by atoms with Gasteiger partial charge in [-0.3, -0.25) is 4.79 Å². The molecule has 0 saturated carbocycles. The summed E-state index contributed by atoms with van der Waals surface area (Å²) in [5.41, 5.74) is 13.8. The standard InChI is InChI=1S/C20H20FN5O2.ClH/c21-10-15(11-22)12-26-20(28)25(13-24-26)18-3-1-2-17(9-18)16-6-4-14(5-7-16)8-19(23)27;/h1-7,9-10,13H,8,11-12,22H2,(H2,23,27);1H/b15-10-;. The fourth-order valence-corrected chi connectivity index (χ4v) is 2.81. The minimum atomic E-state index is -0.387. The summed E-state index contributed by atoms with van der Waals surface area (Å²) >= 11 is 0. The van der Waals surface area contributed by atoms with Crippen LogP contribution in [0.3, 0.4) is 0 Å². The van der Waals surface area contributed by atoms with Crippen molar-refractivity contribution in [3.63, 3.8) is 0 Å². The zero-order chi connectivity index (χ0) is 20.1. The van der Waals surface area contributed by atoms with E-state index in [2.05, 4.69) is 5.10 Å². The van der Waals surface area contributed by atoms with E-state index >= 15 is 0 Å². The van der Waals surface area contributed by atoms with Crippen LogP contribution in [0.2, 0.25) is 0 Å². The average Bonchev–Trinajstić information content (AvgIpc) is 3.06. The first-order valence-electron chi connectivity index (χ1n) is 8.62. The molecule has 3 aromatic rings. The number of hydrogen-bond donors (Lipinski definition) is 2. The lowest BCUT2D eigenvalue weighted by Crippen LogP contribution is -2.25. The van der Waals surface area contributed by atoms with Crippen molar-refractivity contribution in [1.29, 1.82) is 0 Å². The van der Waals surface area contributed by atoms with Gasteiger partial charge in [-0.15, -0.1) is 12.4 Å². The fraction of sp³-hybridized carbons (Fsp3) is 0.150. The SMILES string of the molecule is Cl.NC/C(=C/F)Cn1ncn(-c2cccc(-c3ccc(CC(N)=O)cc3)c2)c1=O. The lowest BCUT2D eigenvalue weighted by molar-refractivity contribution is -0.117. The van der Waals surface area contributed by atoms with Gasteiger partial charge in [-0.25, -0.2) is 18.4 Å². The maximum Gasteiger partial charge on any atom is 0.350 e. The Morgan fingerprint density at radius 3 is 2.48 bits per heavy atom. The van der Waals surface area contributed by atoms with E-state index < -0.39 is 0 Å². The number of carbonyl (C=O) groups excluding carboxylic acids is 1. The van der Waals surface area contributed by atoms with Crippen molar-refractivity contribution in [3.05, 3.63) is 82.8 Å². The second-order valence-corrected chi connectivity index (χ2v) is 6.30. The van der Waals surface area contributed by atoms with E-state index in [0.29, 0.717) is 12.0 Å². The number of nitrogens with zero attached hydrogens (tertiary/aromatic N) is 3. The van der Waals surface area contributed by atoms with Crippen molar-refractivity contribution >= 4 is 18.3 Å². The van der Waals surface area contributed by atoms with E-state index in [0.717, 1.165) is 21.4 Å². The minimum absolute atomic E-state index is 0. The summed E-state index contributed by atoms with van der Waals surface area (Å²) in [4.78, 5) is 23.6. The Bertz CT molecular complexity index is 1070. The number of amides is 1. The second-order valence-electron chi connectivity index (χ2n) is 6.30. The first-order chi connectivity index (χ1) is 13.5. The zero-order valence-electron chi connectivity index (χ0n) is 15.5. The molecule has 0 radical (unpaired) electrons. The lowest BCUT2D eigenvalue weighted by Gasteiger charge is -2.07. The molecule has 0 atom stereocenters. The van der Waals surface area contributed by atoms with Crippen LogP contribution in [-0.4, -0.2) is 26.8 Å². The molecule has 1 aromatic heterocycles. The van der Waals surface area contributed by atoms with Crippen LogP contribution in [0.4, 0.5) is 4.39 Å². The highest BCUT2D eigenvalue weighted by molar-refractivity contribution is 5.85. The molecule has 1 amide bonds. The molecule has 0 bridgehead atoms. The highest BCUT2D eigenvalue weighted by Gasteiger charge is 2.10. The number of benzene rings is 2. The van der Waals surface area contributed by atoms with Crippen molar-refractivity contribution in [1.82, 2.24) is 14.3 Å². The second kappa shape index (κ2) is 9.81. The molecular weight excluding hydrogens is 397 g/mol. The van der Waals surface area contributed by atoms with E-state index in [1.807, 2.05) is 42.5 Å². The topological polar surface area (TPSA) is 109 Å². The maximum atomic E-state index is 12.7. The number of nitrogens with two attached hydrogens (primary N) is 2. The van der Waals surface area contributed by atoms with E-state index in [1.54, 1.807) is 6.07 Å². The highest BCUT2D eigenvalue weighted by atomic mass is 35.5. The van der Waals surface area contributed by atoms with Gasteiger partial charge in [-0.05, 0) is 34.4 Å². The maximum absolute atomic E-state index is 12.7. The molecule has 0 aliphatic carbocycles. The van der Waals surface area contributed by atoms with Crippen LogP contribution < -0.4 is 17.2 Å². The van der Waals surface area contributed by atoms with Gasteiger partial charge >= 0.3 is 5.69 Å². The molecule has 0 aliphatic rings. The first-order valence-corrected chi connectivity index (χ1v) is 8.62. The Morgan fingerprint density at radius 1 is 1.14 bits per heavy atom. The van der Waals surface area contributed by atoms with Crippen LogP contribution in [0.15, 0.2) is 71.6 Å². The molecule has 29 heavy (non-hydrogen) atoms. The van der Waals surface area contributed by atoms with Gasteiger partial charge in [0.15, 0.2) is 0 Å². The van der Waals surface area contributed by atoms with Gasteiger partial charge in [0.05, 0.1) is 25.0 Å². The molecule has 0 aliphatic heterocycles. The smallest absolute Gasteiger partial charge is 0.350 e. The number of halogens is 2. The van der Waals surface area contributed by atoms with Gasteiger partial charge < -0.3 is 11.5 Å². The number of hydrogen-bond acceptors (Lipinski definition) is 4. The van der Waals surface area contributed by atoms with Gasteiger partial charge in [0.2, 0.25) is 5.91 Å². The molecule has 7 nitrogen and oxygen atoms in total. The van der Waals surface area contributed by atoms with Crippen molar-refractivity contribution in [2.24, 2.45) is 11.5 Å². The third-order valence-electron chi connectivity index (χ3n) is 4.29. The molecule has 4 N–H and O–H groups in total. The van der Waals surface area contributed by atoms with Gasteiger partial charge in [0.25, 0.3) is 0 Å². The van der Waals surface area contributed by atoms with E-state index in [4.69, 9.17) is 11.5 Å². The predicted molar refractivity (Wildman–Crippen MR) is 112 cm³/mol. The lowest BCUT2D eigenvalue weighted by atomic mass is 10.0. The average molecular weight is 418 g/mol. The van der Waals surface area contributed by atoms with Crippen LogP contribution in [0, 0.1) is 0 Å². The molecule has 3 rings (SSSR count). The van der Waals surface area contributed by atoms with Crippen LogP contribution >= 0.6 is 12.4 Å². The Kier molecular flexibility index (Phi) is 7.46. The molecule has 0 fully saturated rings. The molecule has 0 saturated heterocycles. The van der Waals surface area contributed by atoms with Crippen LogP contribution in [-0.2, 0) is 17.8 Å². The van der Waals surface area contributed by atoms with Gasteiger partial charge in [-0.2, -0.15) is 5.10 Å². The quantitative estimate of drug-likeness (QED) is 0.612. The molecule has 0 spiro atoms. The monoisotopic (exact) mass is 417 g/mol. The molecule has 152 valence electrons. The van der Waals surface area contributed by atoms with Gasteiger partial charge in [0.1, 0.15) is 6.33 Å². The van der Waals surface area contributed by atoms with E-state index in [1.165, 1.54) is 10.9 Å². The summed E-state index contributed by atoms with van der Waals surface area (Å²) in [6.07, 6.45) is 1.98. The van der Waals surface area contributed by atoms with E-state index in [-0.39, 0.29) is 49.1 Å². The first kappa shape index (κ1) is 22.1. The van der Waals surface area contributed by atoms with Crippen molar-refractivity contribution in [2.75, 3.05) is 6.54 Å². The fourth-order valence-electron chi connectivity index (χ4n) is 2.81. The Labute approximate surface area is 172 Å². The Morgan fingerprint density at radius 2 is 1.86 bits per heavy atom. The predicted octanol–water partition coefficient (Wildman–Crippen LogP) is 1.96. The molecule has 2 aromatic carbocycles. The summed E-state index contributed by atoms with van der Waals surface area (Å²) in [6.45, 7) is 0.0108. The van der Waals surface area contributed by atoms with Gasteiger partial charge in [-0.1, -0.05) is 36.4 Å². The summed E-state index contributed by atoms with van der Waals surface area (Å²) in [5.74, 6) is -0.383. The third-order valence-corrected chi connectivity index (χ3v) is 4.29. The molecule has 1 heterocycles. The Hall–Kier alpha value is -3.23. The summed E-state index contributed by atoms with van der Waals surface area (Å²) in [5, 5.41) is 4.03. The molecular formula is C20H21ClFN5O2. The minimum Gasteiger partial charge on any atom is -0.369 e. The van der Waals surface area contributed by atoms with Crippen LogP contribution in [0.1, 0.15) is 5.56 Å². The highest BCUT2D eigenvalue weighted by Crippen LogP contribution is 2.22. The van der Waals surface area contributed by atoms with Crippen molar-refractivity contribution in [2.45, 2.75) is 13.0 Å². The number of carbonyl (C=O) groups is 1. The van der Waals surface area contributed by atoms with Gasteiger partial charge in [0, 0.05) is 6.54 Å². The van der Waals surface area contributed by atoms with Crippen LogP contribution in [0.25, 0.3) is 16.8 Å². The molecule has 0 unspecified atom stereocenters. The Balaban J connectivity index is 0.00000300. The number of primary amides is 1. The number of rotatable bonds is 7. The van der Waals surface area contributed by atoms with Crippen molar-refractivity contribution in [3.8, 4) is 16.8 Å². The summed E-state index contributed by atoms with van der Waals surface area (Å²) < 4.78 is 15.3. The molecule has 9 heteroatoms.